The molecule has 1 aromatic carbocycles. The van der Waals surface area contributed by atoms with Gasteiger partial charge in [0, 0.05) is 35.4 Å². The summed E-state index contributed by atoms with van der Waals surface area (Å²) in [7, 11) is -2.34. The standard InChI is InChI=1S/C41H53N5O10S/c1-5-27-21-41(27,39(49)45-57(51,52)29-15-16-29)44-37(47)32-18-28-22-46(32)38(48)36(25-12-8-7-9-13-25)43-40(50)55-23-24(3)11-10-14-26-17-30-31(19-33(26)53-4)42-35(54-6-2)20-34(30)56-28/h5,10,14,17,19-20,24-25,27-29,32,36H,1,6-9,11-13,15-16,18,21-23H2,2-4H3,(H,43,50)(H,44,47)(H,45,49)/b14-10+/t24-,27-,28-,32+,36+,41-/m1/s1. The number of hydrogen-bond donors (Lipinski definition) is 3. The Hall–Kier alpha value is -4.86. The zero-order chi connectivity index (χ0) is 40.5. The Bertz CT molecular complexity index is 2050. The summed E-state index contributed by atoms with van der Waals surface area (Å²) in [5.74, 6) is -1.39. The molecule has 4 amide bonds. The summed E-state index contributed by atoms with van der Waals surface area (Å²) in [6, 6.07) is 3.27. The van der Waals surface area contributed by atoms with E-state index in [9.17, 15) is 27.6 Å². The van der Waals surface area contributed by atoms with Crippen molar-refractivity contribution in [3.05, 3.63) is 42.5 Å². The molecule has 0 spiro atoms. The number of benzene rings is 1. The Morgan fingerprint density at radius 1 is 1.14 bits per heavy atom. The number of ether oxygens (including phenoxy) is 4. The van der Waals surface area contributed by atoms with Gasteiger partial charge in [-0.05, 0) is 63.4 Å². The SMILES string of the molecule is C=C[C@@H]1C[C@]1(NC(=O)[C@@H]1C[C@@H]2CN1C(=O)[C@H](C1CCCCC1)NC(=O)OC[C@H](C)C/C=C/c1cc3c(cc(OCC)nc3cc1OC)O2)C(=O)NS(=O)(=O)C1CC1. The van der Waals surface area contributed by atoms with Crippen molar-refractivity contribution in [1.82, 2.24) is 25.2 Å². The molecule has 3 aliphatic carbocycles. The number of carbonyl (C=O) groups is 4. The molecule has 0 radical (unpaired) electrons. The maximum atomic E-state index is 14.9. The minimum absolute atomic E-state index is 0.0231. The van der Waals surface area contributed by atoms with Crippen LogP contribution in [0.15, 0.2) is 36.9 Å². The fourth-order valence-electron chi connectivity index (χ4n) is 8.33. The average molecular weight is 808 g/mol. The molecule has 5 aliphatic rings. The molecule has 308 valence electrons. The molecule has 15 nitrogen and oxygen atoms in total. The molecule has 1 aromatic heterocycles. The normalized spacial score (nSPS) is 28.9. The quantitative estimate of drug-likeness (QED) is 0.289. The smallest absolute Gasteiger partial charge is 0.407 e. The second kappa shape index (κ2) is 16.5. The lowest BCUT2D eigenvalue weighted by molar-refractivity contribution is -0.142. The van der Waals surface area contributed by atoms with Gasteiger partial charge < -0.3 is 34.5 Å². The molecule has 16 heteroatoms. The number of fused-ring (bicyclic) bond motifs is 3. The third-order valence-corrected chi connectivity index (χ3v) is 13.6. The number of rotatable bonds is 10. The monoisotopic (exact) mass is 807 g/mol. The number of hydrogen-bond acceptors (Lipinski definition) is 11. The van der Waals surface area contributed by atoms with E-state index in [0.29, 0.717) is 67.0 Å². The molecule has 3 saturated carbocycles. The molecule has 6 atom stereocenters. The third kappa shape index (κ3) is 8.70. The number of allylic oxidation sites excluding steroid dienone is 1. The zero-order valence-corrected chi connectivity index (χ0v) is 33.6. The van der Waals surface area contributed by atoms with Gasteiger partial charge in [0.2, 0.25) is 27.7 Å². The van der Waals surface area contributed by atoms with Crippen LogP contribution in [0.5, 0.6) is 17.4 Å². The van der Waals surface area contributed by atoms with Gasteiger partial charge in [-0.15, -0.1) is 6.58 Å². The van der Waals surface area contributed by atoms with E-state index in [4.69, 9.17) is 23.9 Å². The topological polar surface area (TPSA) is 192 Å². The second-order valence-corrected chi connectivity index (χ2v) is 18.0. The summed E-state index contributed by atoms with van der Waals surface area (Å²) < 4.78 is 51.7. The van der Waals surface area contributed by atoms with E-state index in [0.717, 1.165) is 24.8 Å². The number of methoxy groups -OCH3 is 1. The van der Waals surface area contributed by atoms with Crippen LogP contribution < -0.4 is 29.6 Å². The van der Waals surface area contributed by atoms with E-state index in [2.05, 4.69) is 21.9 Å². The molecule has 2 aliphatic heterocycles. The van der Waals surface area contributed by atoms with Crippen LogP contribution in [-0.4, -0.2) is 98.0 Å². The molecular weight excluding hydrogens is 755 g/mol. The van der Waals surface area contributed by atoms with Crippen LogP contribution in [0.1, 0.15) is 83.6 Å². The van der Waals surface area contributed by atoms with Gasteiger partial charge in [0.15, 0.2) is 0 Å². The number of sulfonamides is 1. The van der Waals surface area contributed by atoms with E-state index in [1.54, 1.807) is 19.2 Å². The lowest BCUT2D eigenvalue weighted by atomic mass is 9.83. The molecule has 3 N–H and O–H groups in total. The van der Waals surface area contributed by atoms with Gasteiger partial charge in [0.05, 0.1) is 37.6 Å². The molecule has 2 aromatic rings. The third-order valence-electron chi connectivity index (χ3n) is 11.8. The van der Waals surface area contributed by atoms with Gasteiger partial charge in [0.1, 0.15) is 35.2 Å². The van der Waals surface area contributed by atoms with Gasteiger partial charge in [0.25, 0.3) is 5.91 Å². The fraction of sp³-hybridized carbons (Fsp3) is 0.585. The van der Waals surface area contributed by atoms with Crippen molar-refractivity contribution < 1.29 is 46.5 Å². The predicted octanol–water partition coefficient (Wildman–Crippen LogP) is 4.39. The minimum Gasteiger partial charge on any atom is -0.496 e. The molecule has 3 heterocycles. The lowest BCUT2D eigenvalue weighted by Crippen LogP contribution is -2.59. The van der Waals surface area contributed by atoms with Gasteiger partial charge in [-0.2, -0.15) is 0 Å². The van der Waals surface area contributed by atoms with Crippen LogP contribution in [0.25, 0.3) is 17.0 Å². The van der Waals surface area contributed by atoms with Crippen LogP contribution in [0, 0.1) is 17.8 Å². The van der Waals surface area contributed by atoms with Crippen LogP contribution in [-0.2, 0) is 29.1 Å². The van der Waals surface area contributed by atoms with E-state index in [1.807, 2.05) is 32.1 Å². The van der Waals surface area contributed by atoms with Gasteiger partial charge in [-0.1, -0.05) is 44.4 Å². The van der Waals surface area contributed by atoms with Crippen molar-refractivity contribution in [3.8, 4) is 17.4 Å². The van der Waals surface area contributed by atoms with E-state index in [-0.39, 0.29) is 37.8 Å². The average Bonchev–Trinajstić information content (AvgIpc) is 4.12. The number of pyridine rings is 1. The van der Waals surface area contributed by atoms with Crippen molar-refractivity contribution in [2.45, 2.75) is 107 Å². The molecule has 0 unspecified atom stereocenters. The fourth-order valence-corrected chi connectivity index (χ4v) is 9.69. The maximum absolute atomic E-state index is 14.9. The first-order valence-electron chi connectivity index (χ1n) is 20.1. The number of alkyl carbamates (subject to hydrolysis) is 1. The van der Waals surface area contributed by atoms with Crippen LogP contribution in [0.4, 0.5) is 4.79 Å². The number of carbonyl (C=O) groups excluding carboxylic acids is 4. The van der Waals surface area contributed by atoms with E-state index >= 15 is 0 Å². The molecule has 1 saturated heterocycles. The highest BCUT2D eigenvalue weighted by atomic mass is 32.2. The second-order valence-electron chi connectivity index (χ2n) is 16.0. The van der Waals surface area contributed by atoms with Crippen molar-refractivity contribution in [2.75, 3.05) is 26.9 Å². The molecular formula is C41H53N5O10S. The summed E-state index contributed by atoms with van der Waals surface area (Å²) in [5.41, 5.74) is -0.240. The number of aromatic nitrogens is 1. The highest BCUT2D eigenvalue weighted by molar-refractivity contribution is 7.91. The van der Waals surface area contributed by atoms with E-state index in [1.165, 1.54) is 11.0 Å². The summed E-state index contributed by atoms with van der Waals surface area (Å²) >= 11 is 0. The summed E-state index contributed by atoms with van der Waals surface area (Å²) in [6.45, 7) is 8.05. The summed E-state index contributed by atoms with van der Waals surface area (Å²) in [4.78, 5) is 62.5. The van der Waals surface area contributed by atoms with Gasteiger partial charge >= 0.3 is 6.09 Å². The predicted molar refractivity (Wildman–Crippen MR) is 211 cm³/mol. The zero-order valence-electron chi connectivity index (χ0n) is 32.8. The van der Waals surface area contributed by atoms with Crippen LogP contribution in [0.3, 0.4) is 0 Å². The number of nitrogens with zero attached hydrogens (tertiary/aromatic N) is 2. The van der Waals surface area contributed by atoms with Crippen LogP contribution >= 0.6 is 0 Å². The number of cyclic esters (lactones) is 1. The van der Waals surface area contributed by atoms with Gasteiger partial charge in [-0.25, -0.2) is 18.2 Å². The summed E-state index contributed by atoms with van der Waals surface area (Å²) in [5, 5.41) is 5.73. The van der Waals surface area contributed by atoms with E-state index < -0.39 is 68.7 Å². The molecule has 4 bridgehead atoms. The largest absolute Gasteiger partial charge is 0.496 e. The van der Waals surface area contributed by atoms with Crippen molar-refractivity contribution in [2.24, 2.45) is 17.8 Å². The van der Waals surface area contributed by atoms with Gasteiger partial charge in [-0.3, -0.25) is 19.1 Å². The minimum atomic E-state index is -3.91. The summed E-state index contributed by atoms with van der Waals surface area (Å²) in [6.07, 6.45) is 9.88. The lowest BCUT2D eigenvalue weighted by Gasteiger charge is -2.34. The first-order chi connectivity index (χ1) is 27.3. The van der Waals surface area contributed by atoms with Crippen molar-refractivity contribution >= 4 is 50.8 Å². The van der Waals surface area contributed by atoms with Crippen molar-refractivity contribution in [1.29, 1.82) is 0 Å². The molecule has 4 fully saturated rings. The highest BCUT2D eigenvalue weighted by Gasteiger charge is 2.62. The molecule has 57 heavy (non-hydrogen) atoms. The highest BCUT2D eigenvalue weighted by Crippen LogP contribution is 2.46. The van der Waals surface area contributed by atoms with Crippen molar-refractivity contribution in [3.63, 3.8) is 0 Å². The number of amides is 4. The number of nitrogens with one attached hydrogen (secondary N) is 3. The van der Waals surface area contributed by atoms with Crippen LogP contribution in [0.2, 0.25) is 0 Å². The Morgan fingerprint density at radius 2 is 1.91 bits per heavy atom. The first-order valence-corrected chi connectivity index (χ1v) is 21.6. The Balaban J connectivity index is 1.27. The maximum Gasteiger partial charge on any atom is 0.407 e. The first kappa shape index (κ1) is 40.3. The Labute approximate surface area is 333 Å². The Morgan fingerprint density at radius 3 is 2.60 bits per heavy atom. The molecule has 7 rings (SSSR count). The Kier molecular flexibility index (Phi) is 11.7.